The summed E-state index contributed by atoms with van der Waals surface area (Å²) in [5.41, 5.74) is 0. The van der Waals surface area contributed by atoms with E-state index in [2.05, 4.69) is 0 Å². The molecule has 1 aromatic heterocycles. The van der Waals surface area contributed by atoms with E-state index < -0.39 is 5.97 Å². The Hall–Kier alpha value is -1.40. The highest BCUT2D eigenvalue weighted by Gasteiger charge is 2.40. The summed E-state index contributed by atoms with van der Waals surface area (Å²) >= 11 is 1.67. The van der Waals surface area contributed by atoms with E-state index >= 15 is 0 Å². The summed E-state index contributed by atoms with van der Waals surface area (Å²) in [6, 6.07) is 4.07. The summed E-state index contributed by atoms with van der Waals surface area (Å²) in [7, 11) is 0. The SMILES string of the molecule is Cc1ccc(CC(=O)N2CCC([C@@H]3OCCC3C(=O)O)CC2)s1. The first-order valence-electron chi connectivity index (χ1n) is 8.22. The van der Waals surface area contributed by atoms with Gasteiger partial charge in [-0.15, -0.1) is 11.3 Å². The molecular weight excluding hydrogens is 314 g/mol. The van der Waals surface area contributed by atoms with Crippen molar-refractivity contribution < 1.29 is 19.4 Å². The number of thiophene rings is 1. The number of likely N-dealkylation sites (tertiary alicyclic amines) is 1. The van der Waals surface area contributed by atoms with Crippen LogP contribution in [-0.2, 0) is 20.7 Å². The van der Waals surface area contributed by atoms with Crippen LogP contribution in [0.5, 0.6) is 0 Å². The van der Waals surface area contributed by atoms with E-state index in [1.807, 2.05) is 24.0 Å². The highest BCUT2D eigenvalue weighted by Crippen LogP contribution is 2.33. The summed E-state index contributed by atoms with van der Waals surface area (Å²) in [4.78, 5) is 27.9. The molecule has 2 saturated heterocycles. The van der Waals surface area contributed by atoms with Gasteiger partial charge in [-0.05, 0) is 44.2 Å². The van der Waals surface area contributed by atoms with E-state index in [1.165, 1.54) is 4.88 Å². The second-order valence-electron chi connectivity index (χ2n) is 6.48. The standard InChI is InChI=1S/C17H23NO4S/c1-11-2-3-13(23-11)10-15(19)18-7-4-12(5-8-18)16-14(17(20)21)6-9-22-16/h2-3,12,14,16H,4-10H2,1H3,(H,20,21)/t14?,16-/m0/s1. The Morgan fingerprint density at radius 3 is 2.65 bits per heavy atom. The number of ether oxygens (including phenoxy) is 1. The Balaban J connectivity index is 1.52. The van der Waals surface area contributed by atoms with Crippen molar-refractivity contribution in [3.8, 4) is 0 Å². The lowest BCUT2D eigenvalue weighted by atomic mass is 9.84. The Morgan fingerprint density at radius 2 is 2.04 bits per heavy atom. The van der Waals surface area contributed by atoms with Gasteiger partial charge in [-0.3, -0.25) is 9.59 Å². The Bertz CT molecular complexity index is 577. The number of rotatable bonds is 4. The van der Waals surface area contributed by atoms with Gasteiger partial charge in [0.15, 0.2) is 0 Å². The van der Waals surface area contributed by atoms with Gasteiger partial charge < -0.3 is 14.7 Å². The second kappa shape index (κ2) is 7.01. The molecule has 2 fully saturated rings. The van der Waals surface area contributed by atoms with Gasteiger partial charge in [0.25, 0.3) is 0 Å². The molecule has 2 aliphatic rings. The molecule has 1 N–H and O–H groups in total. The highest BCUT2D eigenvalue weighted by molar-refractivity contribution is 7.12. The molecule has 2 atom stereocenters. The van der Waals surface area contributed by atoms with Gasteiger partial charge >= 0.3 is 5.97 Å². The third kappa shape index (κ3) is 3.75. The molecule has 0 spiro atoms. The van der Waals surface area contributed by atoms with Crippen molar-refractivity contribution in [3.05, 3.63) is 21.9 Å². The summed E-state index contributed by atoms with van der Waals surface area (Å²) in [5, 5.41) is 9.28. The van der Waals surface area contributed by atoms with Crippen LogP contribution in [0.4, 0.5) is 0 Å². The number of piperidine rings is 1. The first-order chi connectivity index (χ1) is 11.0. The third-order valence-electron chi connectivity index (χ3n) is 4.93. The van der Waals surface area contributed by atoms with Crippen LogP contribution < -0.4 is 0 Å². The van der Waals surface area contributed by atoms with Crippen LogP contribution >= 0.6 is 11.3 Å². The lowest BCUT2D eigenvalue weighted by Gasteiger charge is -2.35. The molecule has 0 saturated carbocycles. The van der Waals surface area contributed by atoms with E-state index in [1.54, 1.807) is 11.3 Å². The summed E-state index contributed by atoms with van der Waals surface area (Å²) in [6.45, 7) is 4.00. The van der Waals surface area contributed by atoms with E-state index in [-0.39, 0.29) is 23.8 Å². The number of amides is 1. The van der Waals surface area contributed by atoms with Crippen LogP contribution in [0.2, 0.25) is 0 Å². The molecule has 23 heavy (non-hydrogen) atoms. The van der Waals surface area contributed by atoms with Gasteiger partial charge in [-0.25, -0.2) is 0 Å². The normalized spacial score (nSPS) is 25.7. The Kier molecular flexibility index (Phi) is 5.02. The van der Waals surface area contributed by atoms with Crippen molar-refractivity contribution in [2.75, 3.05) is 19.7 Å². The van der Waals surface area contributed by atoms with Crippen molar-refractivity contribution in [2.24, 2.45) is 11.8 Å². The van der Waals surface area contributed by atoms with Crippen LogP contribution in [0.3, 0.4) is 0 Å². The van der Waals surface area contributed by atoms with Crippen molar-refractivity contribution in [1.29, 1.82) is 0 Å². The van der Waals surface area contributed by atoms with Gasteiger partial charge in [0.2, 0.25) is 5.91 Å². The van der Waals surface area contributed by atoms with Crippen LogP contribution in [0.1, 0.15) is 29.0 Å². The van der Waals surface area contributed by atoms with Crippen LogP contribution in [-0.4, -0.2) is 47.7 Å². The quantitative estimate of drug-likeness (QED) is 0.916. The number of hydrogen-bond acceptors (Lipinski definition) is 4. The summed E-state index contributed by atoms with van der Waals surface area (Å²) in [5.74, 6) is -0.700. The van der Waals surface area contributed by atoms with Crippen molar-refractivity contribution in [2.45, 2.75) is 38.7 Å². The second-order valence-corrected chi connectivity index (χ2v) is 7.85. The summed E-state index contributed by atoms with van der Waals surface area (Å²) in [6.07, 6.45) is 2.58. The minimum atomic E-state index is -0.751. The van der Waals surface area contributed by atoms with Crippen molar-refractivity contribution >= 4 is 23.2 Å². The number of carboxylic acids is 1. The molecule has 1 amide bonds. The van der Waals surface area contributed by atoms with E-state index in [4.69, 9.17) is 4.74 Å². The minimum absolute atomic E-state index is 0.174. The van der Waals surface area contributed by atoms with Crippen molar-refractivity contribution in [3.63, 3.8) is 0 Å². The van der Waals surface area contributed by atoms with Gasteiger partial charge in [0, 0.05) is 29.5 Å². The molecule has 0 aromatic carbocycles. The maximum Gasteiger partial charge on any atom is 0.309 e. The fraction of sp³-hybridized carbons (Fsp3) is 0.647. The first-order valence-corrected chi connectivity index (χ1v) is 9.03. The number of carbonyl (C=O) groups is 2. The number of aliphatic carboxylic acids is 1. The molecule has 0 radical (unpaired) electrons. The first kappa shape index (κ1) is 16.5. The number of carbonyl (C=O) groups excluding carboxylic acids is 1. The molecule has 3 heterocycles. The minimum Gasteiger partial charge on any atom is -0.481 e. The molecule has 126 valence electrons. The van der Waals surface area contributed by atoms with E-state index in [0.717, 1.165) is 17.7 Å². The fourth-order valence-electron chi connectivity index (χ4n) is 3.66. The molecule has 1 unspecified atom stereocenters. The molecule has 6 heteroatoms. The van der Waals surface area contributed by atoms with E-state index in [0.29, 0.717) is 32.5 Å². The zero-order chi connectivity index (χ0) is 16.4. The topological polar surface area (TPSA) is 66.8 Å². The molecule has 2 aliphatic heterocycles. The zero-order valence-electron chi connectivity index (χ0n) is 13.4. The smallest absolute Gasteiger partial charge is 0.309 e. The van der Waals surface area contributed by atoms with Gasteiger partial charge in [-0.1, -0.05) is 0 Å². The van der Waals surface area contributed by atoms with Crippen molar-refractivity contribution in [1.82, 2.24) is 4.90 Å². The van der Waals surface area contributed by atoms with E-state index in [9.17, 15) is 14.7 Å². The summed E-state index contributed by atoms with van der Waals surface area (Å²) < 4.78 is 5.68. The highest BCUT2D eigenvalue weighted by atomic mass is 32.1. The molecule has 1 aromatic rings. The lowest BCUT2D eigenvalue weighted by Crippen LogP contribution is -2.43. The number of nitrogens with zero attached hydrogens (tertiary/aromatic N) is 1. The van der Waals surface area contributed by atoms with Crippen LogP contribution in [0, 0.1) is 18.8 Å². The molecular formula is C17H23NO4S. The average Bonchev–Trinajstić information content (AvgIpc) is 3.16. The number of aryl methyl sites for hydroxylation is 1. The number of carboxylic acid groups (broad SMARTS) is 1. The fourth-order valence-corrected chi connectivity index (χ4v) is 4.54. The van der Waals surface area contributed by atoms with Gasteiger partial charge in [-0.2, -0.15) is 0 Å². The molecule has 0 aliphatic carbocycles. The average molecular weight is 337 g/mol. The zero-order valence-corrected chi connectivity index (χ0v) is 14.2. The predicted octanol–water partition coefficient (Wildman–Crippen LogP) is 2.33. The Morgan fingerprint density at radius 1 is 1.30 bits per heavy atom. The molecule has 5 nitrogen and oxygen atoms in total. The Labute approximate surface area is 140 Å². The number of hydrogen-bond donors (Lipinski definition) is 1. The van der Waals surface area contributed by atoms with Gasteiger partial charge in [0.1, 0.15) is 0 Å². The monoisotopic (exact) mass is 337 g/mol. The largest absolute Gasteiger partial charge is 0.481 e. The predicted molar refractivity (Wildman–Crippen MR) is 87.5 cm³/mol. The lowest BCUT2D eigenvalue weighted by molar-refractivity contribution is -0.145. The molecule has 3 rings (SSSR count). The maximum atomic E-state index is 12.4. The molecule has 0 bridgehead atoms. The maximum absolute atomic E-state index is 12.4. The van der Waals surface area contributed by atoms with Crippen LogP contribution in [0.15, 0.2) is 12.1 Å². The third-order valence-corrected chi connectivity index (χ3v) is 5.93. The van der Waals surface area contributed by atoms with Gasteiger partial charge in [0.05, 0.1) is 18.4 Å². The van der Waals surface area contributed by atoms with Crippen LogP contribution in [0.25, 0.3) is 0 Å².